The van der Waals surface area contributed by atoms with Gasteiger partial charge in [0.25, 0.3) is 0 Å². The third-order valence-electron chi connectivity index (χ3n) is 10.2. The van der Waals surface area contributed by atoms with E-state index in [0.717, 1.165) is 49.4 Å². The van der Waals surface area contributed by atoms with Gasteiger partial charge in [-0.2, -0.15) is 15.2 Å². The van der Waals surface area contributed by atoms with E-state index in [2.05, 4.69) is 71.1 Å². The lowest BCUT2D eigenvalue weighted by atomic mass is 9.99. The lowest BCUT2D eigenvalue weighted by Gasteiger charge is -2.42. The molecule has 0 bridgehead atoms. The van der Waals surface area contributed by atoms with Crippen molar-refractivity contribution < 1.29 is 19.1 Å². The monoisotopic (exact) mass is 638 g/mol. The highest BCUT2D eigenvalue weighted by Crippen LogP contribution is 2.36. The molecule has 0 N–H and O–H groups in total. The fraction of sp³-hybridized carbons (Fsp3) is 0.514. The lowest BCUT2D eigenvalue weighted by molar-refractivity contribution is -0.134. The van der Waals surface area contributed by atoms with E-state index in [4.69, 9.17) is 19.4 Å². The van der Waals surface area contributed by atoms with Gasteiger partial charge in [-0.05, 0) is 56.8 Å². The predicted octanol–water partition coefficient (Wildman–Crippen LogP) is 3.36. The van der Waals surface area contributed by atoms with Crippen molar-refractivity contribution in [3.8, 4) is 12.1 Å². The average molecular weight is 639 g/mol. The van der Waals surface area contributed by atoms with Gasteiger partial charge < -0.3 is 29.1 Å². The minimum atomic E-state index is -0.528. The molecule has 3 fully saturated rings. The number of amides is 2. The lowest BCUT2D eigenvalue weighted by Crippen LogP contribution is -2.57. The number of rotatable bonds is 7. The summed E-state index contributed by atoms with van der Waals surface area (Å²) < 4.78 is 11.1. The third-order valence-corrected chi connectivity index (χ3v) is 10.2. The van der Waals surface area contributed by atoms with Gasteiger partial charge in [0.2, 0.25) is 5.91 Å². The van der Waals surface area contributed by atoms with Crippen molar-refractivity contribution in [2.75, 3.05) is 69.8 Å². The van der Waals surface area contributed by atoms with Gasteiger partial charge in [-0.3, -0.25) is 9.69 Å². The maximum atomic E-state index is 13.4. The molecule has 4 aliphatic heterocycles. The number of piperazine rings is 1. The molecule has 0 aliphatic carbocycles. The Morgan fingerprint density at radius 3 is 2.60 bits per heavy atom. The molecule has 4 aliphatic rings. The van der Waals surface area contributed by atoms with E-state index in [0.29, 0.717) is 51.4 Å². The molecule has 0 spiro atoms. The van der Waals surface area contributed by atoms with Crippen LogP contribution in [-0.4, -0.2) is 115 Å². The van der Waals surface area contributed by atoms with E-state index < -0.39 is 12.1 Å². The van der Waals surface area contributed by atoms with Gasteiger partial charge in [0.15, 0.2) is 0 Å². The summed E-state index contributed by atoms with van der Waals surface area (Å²) in [6, 6.07) is 15.0. The Morgan fingerprint density at radius 2 is 1.83 bits per heavy atom. The minimum Gasteiger partial charge on any atom is -0.462 e. The molecule has 3 saturated heterocycles. The van der Waals surface area contributed by atoms with Crippen LogP contribution >= 0.6 is 0 Å². The zero-order valence-corrected chi connectivity index (χ0v) is 27.4. The minimum absolute atomic E-state index is 0.134. The van der Waals surface area contributed by atoms with Crippen molar-refractivity contribution >= 4 is 34.3 Å². The van der Waals surface area contributed by atoms with Crippen molar-refractivity contribution in [3.63, 3.8) is 0 Å². The Kier molecular flexibility index (Phi) is 8.49. The molecule has 7 rings (SSSR count). The Labute approximate surface area is 275 Å². The Balaban J connectivity index is 1.18. The zero-order valence-electron chi connectivity index (χ0n) is 27.4. The maximum Gasteiger partial charge on any atom is 0.410 e. The number of nitriles is 1. The molecule has 0 unspecified atom stereocenters. The van der Waals surface area contributed by atoms with Crippen LogP contribution in [0, 0.1) is 18.3 Å². The second-order valence-electron chi connectivity index (χ2n) is 13.1. The number of carbonyl (C=O) groups is 2. The van der Waals surface area contributed by atoms with Gasteiger partial charge in [-0.25, -0.2) is 4.79 Å². The molecule has 1 aromatic heterocycles. The van der Waals surface area contributed by atoms with Crippen LogP contribution in [0.15, 0.2) is 36.4 Å². The van der Waals surface area contributed by atoms with E-state index in [1.165, 1.54) is 34.0 Å². The van der Waals surface area contributed by atoms with Crippen LogP contribution in [0.2, 0.25) is 0 Å². The van der Waals surface area contributed by atoms with Gasteiger partial charge >= 0.3 is 12.1 Å². The highest BCUT2D eigenvalue weighted by Gasteiger charge is 2.49. The van der Waals surface area contributed by atoms with Crippen LogP contribution in [0.1, 0.15) is 36.1 Å². The standard InChI is InChI=1S/C35H42N8O4/c1-23-7-4-8-24-9-5-11-29(31(23)24)40-16-13-27-28(20-40)37-34(47-22-26-10-6-15-39(26)2)38-32(27)41-17-18-42(25(19-41)12-14-36)33(44)30-21-43(30)35(45)46-3/h4-5,7-9,11,25-26,30H,6,10,12-13,15-22H2,1-3H3/t25-,26-,30-,43?/m0/s1. The summed E-state index contributed by atoms with van der Waals surface area (Å²) in [7, 11) is 3.44. The number of carbonyl (C=O) groups excluding carboxylic acids is 2. The summed E-state index contributed by atoms with van der Waals surface area (Å²) in [5.74, 6) is 0.696. The molecule has 5 heterocycles. The number of nitrogens with zero attached hydrogens (tertiary/aromatic N) is 8. The molecule has 0 saturated carbocycles. The van der Waals surface area contributed by atoms with Crippen molar-refractivity contribution in [2.24, 2.45) is 0 Å². The van der Waals surface area contributed by atoms with E-state index in [-0.39, 0.29) is 18.4 Å². The average Bonchev–Trinajstić information content (AvgIpc) is 3.79. The molecule has 0 radical (unpaired) electrons. The summed E-state index contributed by atoms with van der Waals surface area (Å²) >= 11 is 0. The van der Waals surface area contributed by atoms with Crippen LogP contribution in [0.3, 0.4) is 0 Å². The number of fused-ring (bicyclic) bond motifs is 2. The van der Waals surface area contributed by atoms with Gasteiger partial charge in [-0.15, -0.1) is 0 Å². The van der Waals surface area contributed by atoms with Crippen LogP contribution in [0.25, 0.3) is 10.8 Å². The van der Waals surface area contributed by atoms with Crippen LogP contribution in [0.5, 0.6) is 6.01 Å². The number of hydrogen-bond donors (Lipinski definition) is 0. The summed E-state index contributed by atoms with van der Waals surface area (Å²) in [5.41, 5.74) is 4.49. The summed E-state index contributed by atoms with van der Waals surface area (Å²) in [6.45, 7) is 6.98. The van der Waals surface area contributed by atoms with Crippen molar-refractivity contribution in [1.82, 2.24) is 24.7 Å². The van der Waals surface area contributed by atoms with Gasteiger partial charge in [0.1, 0.15) is 18.5 Å². The largest absolute Gasteiger partial charge is 0.462 e. The molecule has 2 aromatic carbocycles. The molecule has 3 atom stereocenters. The van der Waals surface area contributed by atoms with Crippen molar-refractivity contribution in [3.05, 3.63) is 53.2 Å². The number of likely N-dealkylation sites (tertiary alicyclic amines) is 1. The molecule has 3 aromatic rings. The molecule has 2 amide bonds. The SMILES string of the molecule is COC(=O)N1C[C@H]1C(=O)N1CCN(c2nc(OC[C@@H]3CCCN3C)nc3c2CCN(c2cccc4cccc(C)c24)C3)C[C@@H]1CC#N. The molecule has 12 heteroatoms. The first-order chi connectivity index (χ1) is 22.9. The van der Waals surface area contributed by atoms with E-state index in [1.54, 1.807) is 4.90 Å². The normalized spacial score (nSPS) is 22.6. The number of anilines is 2. The first-order valence-corrected chi connectivity index (χ1v) is 16.6. The fourth-order valence-electron chi connectivity index (χ4n) is 7.53. The van der Waals surface area contributed by atoms with Gasteiger partial charge in [0, 0.05) is 48.9 Å². The number of aryl methyl sites for hydroxylation is 1. The highest BCUT2D eigenvalue weighted by atomic mass is 16.5. The molecular weight excluding hydrogens is 596 g/mol. The van der Waals surface area contributed by atoms with Gasteiger partial charge in [-0.1, -0.05) is 30.3 Å². The van der Waals surface area contributed by atoms with Crippen molar-refractivity contribution in [1.29, 1.82) is 5.26 Å². The Bertz CT molecular complexity index is 1720. The second kappa shape index (κ2) is 12.9. The van der Waals surface area contributed by atoms with Crippen LogP contribution in [0.4, 0.5) is 16.3 Å². The maximum absolute atomic E-state index is 13.4. The molecule has 246 valence electrons. The number of aromatic nitrogens is 2. The highest BCUT2D eigenvalue weighted by molar-refractivity contribution is 5.97. The zero-order chi connectivity index (χ0) is 32.7. The summed E-state index contributed by atoms with van der Waals surface area (Å²) in [6.07, 6.45) is 2.68. The van der Waals surface area contributed by atoms with Crippen LogP contribution in [-0.2, 0) is 22.5 Å². The van der Waals surface area contributed by atoms with E-state index >= 15 is 0 Å². The number of methoxy groups -OCH3 is 1. The predicted molar refractivity (Wildman–Crippen MR) is 177 cm³/mol. The summed E-state index contributed by atoms with van der Waals surface area (Å²) in [5, 5.41) is 12.2. The third kappa shape index (κ3) is 6.00. The number of ether oxygens (including phenoxy) is 2. The van der Waals surface area contributed by atoms with Gasteiger partial charge in [0.05, 0.1) is 44.4 Å². The number of likely N-dealkylation sites (N-methyl/N-ethyl adjacent to an activating group) is 1. The smallest absolute Gasteiger partial charge is 0.410 e. The first-order valence-electron chi connectivity index (χ1n) is 16.6. The molecule has 47 heavy (non-hydrogen) atoms. The Hall–Kier alpha value is -4.63. The Morgan fingerprint density at radius 1 is 1.00 bits per heavy atom. The first kappa shape index (κ1) is 31.0. The number of benzene rings is 2. The van der Waals surface area contributed by atoms with Crippen molar-refractivity contribution in [2.45, 2.75) is 57.3 Å². The quantitative estimate of drug-likeness (QED) is 0.357. The molecular formula is C35H42N8O4. The van der Waals surface area contributed by atoms with E-state index in [1.807, 2.05) is 0 Å². The summed E-state index contributed by atoms with van der Waals surface area (Å²) in [4.78, 5) is 45.5. The van der Waals surface area contributed by atoms with E-state index in [9.17, 15) is 14.9 Å². The molecule has 12 nitrogen and oxygen atoms in total. The second-order valence-corrected chi connectivity index (χ2v) is 13.1. The fourth-order valence-corrected chi connectivity index (χ4v) is 7.53. The number of hydrogen-bond acceptors (Lipinski definition) is 10. The van der Waals surface area contributed by atoms with Crippen LogP contribution < -0.4 is 14.5 Å². The topological polar surface area (TPSA) is 118 Å².